The molecule has 7 nitrogen and oxygen atoms in total. The molecule has 3 aromatic carbocycles. The first-order valence-corrected chi connectivity index (χ1v) is 15.2. The van der Waals surface area contributed by atoms with Gasteiger partial charge in [-0.3, -0.25) is 4.90 Å². The molecule has 0 radical (unpaired) electrons. The molecule has 4 heterocycles. The van der Waals surface area contributed by atoms with Gasteiger partial charge in [0.15, 0.2) is 0 Å². The summed E-state index contributed by atoms with van der Waals surface area (Å²) < 4.78 is 60.7. The normalized spacial score (nSPS) is 21.9. The Kier molecular flexibility index (Phi) is 7.54. The summed E-state index contributed by atoms with van der Waals surface area (Å²) in [5.41, 5.74) is 1.97. The third kappa shape index (κ3) is 5.22. The van der Waals surface area contributed by atoms with Crippen molar-refractivity contribution in [1.29, 1.82) is 0 Å². The molecule has 7 rings (SSSR count). The summed E-state index contributed by atoms with van der Waals surface area (Å²) in [6.07, 6.45) is 2.30. The number of likely N-dealkylation sites (tertiary alicyclic amines) is 1. The molecule has 1 aromatic heterocycles. The van der Waals surface area contributed by atoms with Gasteiger partial charge >= 0.3 is 5.97 Å². The summed E-state index contributed by atoms with van der Waals surface area (Å²) in [5, 5.41) is 9.67. The molecule has 0 spiro atoms. The smallest absolute Gasteiger partial charge is 0.335 e. The van der Waals surface area contributed by atoms with Crippen LogP contribution in [0.2, 0.25) is 5.02 Å². The zero-order valence-electron chi connectivity index (χ0n) is 23.8. The largest absolute Gasteiger partial charge is 0.492 e. The second-order valence-electron chi connectivity index (χ2n) is 11.9. The predicted molar refractivity (Wildman–Crippen MR) is 158 cm³/mol. The van der Waals surface area contributed by atoms with Gasteiger partial charge in [0.05, 0.1) is 47.3 Å². The summed E-state index contributed by atoms with van der Waals surface area (Å²) in [4.78, 5) is 18.7. The van der Waals surface area contributed by atoms with Crippen molar-refractivity contribution >= 4 is 28.6 Å². The number of alkyl halides is 2. The van der Waals surface area contributed by atoms with Gasteiger partial charge < -0.3 is 19.1 Å². The molecule has 11 heteroatoms. The Morgan fingerprint density at radius 2 is 1.86 bits per heavy atom. The van der Waals surface area contributed by atoms with Crippen LogP contribution in [0.5, 0.6) is 5.75 Å². The van der Waals surface area contributed by atoms with Crippen molar-refractivity contribution < 1.29 is 32.5 Å². The van der Waals surface area contributed by atoms with E-state index in [1.165, 1.54) is 12.1 Å². The van der Waals surface area contributed by atoms with Crippen molar-refractivity contribution in [2.75, 3.05) is 26.3 Å². The molecule has 230 valence electrons. The van der Waals surface area contributed by atoms with Crippen molar-refractivity contribution in [3.05, 3.63) is 93.5 Å². The molecule has 3 aliphatic heterocycles. The van der Waals surface area contributed by atoms with E-state index in [1.54, 1.807) is 36.4 Å². The maximum absolute atomic E-state index is 16.2. The van der Waals surface area contributed by atoms with Crippen LogP contribution in [-0.2, 0) is 23.7 Å². The zero-order chi connectivity index (χ0) is 30.6. The number of carboxylic acid groups (broad SMARTS) is 1. The molecule has 2 fully saturated rings. The maximum atomic E-state index is 16.2. The SMILES string of the molecule is O=C(O)c1ccc2nc(CN3CCC(c4cccc5c4C(F)(F)C(c4ccc(Cl)cc4F)CO5)CC3)n(C[C@@H]3CCO3)c2c1. The van der Waals surface area contributed by atoms with Crippen LogP contribution >= 0.6 is 11.6 Å². The van der Waals surface area contributed by atoms with E-state index in [0.29, 0.717) is 51.2 Å². The molecule has 1 N–H and O–H groups in total. The Morgan fingerprint density at radius 3 is 2.57 bits per heavy atom. The molecule has 44 heavy (non-hydrogen) atoms. The molecule has 0 amide bonds. The molecule has 3 aliphatic rings. The molecular weight excluding hydrogens is 595 g/mol. The lowest BCUT2D eigenvalue weighted by atomic mass is 9.79. The van der Waals surface area contributed by atoms with Gasteiger partial charge in [-0.15, -0.1) is 0 Å². The van der Waals surface area contributed by atoms with E-state index in [1.807, 2.05) is 0 Å². The van der Waals surface area contributed by atoms with Crippen LogP contribution in [0, 0.1) is 5.82 Å². The van der Waals surface area contributed by atoms with Gasteiger partial charge in [0.25, 0.3) is 5.92 Å². The first kappa shape index (κ1) is 29.1. The molecule has 4 aromatic rings. The molecule has 0 aliphatic carbocycles. The highest BCUT2D eigenvalue weighted by Gasteiger charge is 2.51. The van der Waals surface area contributed by atoms with Gasteiger partial charge in [-0.05, 0) is 80.2 Å². The van der Waals surface area contributed by atoms with Gasteiger partial charge in [0.1, 0.15) is 24.0 Å². The average molecular weight is 626 g/mol. The number of piperidine rings is 1. The van der Waals surface area contributed by atoms with Gasteiger partial charge in [-0.25, -0.2) is 22.9 Å². The highest BCUT2D eigenvalue weighted by Crippen LogP contribution is 2.53. The molecule has 2 atom stereocenters. The number of fused-ring (bicyclic) bond motifs is 2. The summed E-state index contributed by atoms with van der Waals surface area (Å²) >= 11 is 5.88. The quantitative estimate of drug-likeness (QED) is 0.239. The van der Waals surface area contributed by atoms with Gasteiger partial charge in [-0.1, -0.05) is 29.8 Å². The average Bonchev–Trinajstić information content (AvgIpc) is 3.31. The van der Waals surface area contributed by atoms with Gasteiger partial charge in [0.2, 0.25) is 0 Å². The van der Waals surface area contributed by atoms with Crippen LogP contribution in [0.1, 0.15) is 64.0 Å². The minimum Gasteiger partial charge on any atom is -0.492 e. The highest BCUT2D eigenvalue weighted by atomic mass is 35.5. The number of hydrogen-bond acceptors (Lipinski definition) is 5. The number of halogens is 4. The Labute approximate surface area is 257 Å². The fourth-order valence-corrected chi connectivity index (χ4v) is 6.91. The fraction of sp³-hybridized carbons (Fsp3) is 0.394. The lowest BCUT2D eigenvalue weighted by molar-refractivity contribution is -0.0652. The van der Waals surface area contributed by atoms with E-state index in [-0.39, 0.29) is 46.1 Å². The molecule has 2 saturated heterocycles. The Bertz CT molecular complexity index is 1730. The summed E-state index contributed by atoms with van der Waals surface area (Å²) in [6, 6.07) is 13.8. The number of ether oxygens (including phenoxy) is 2. The maximum Gasteiger partial charge on any atom is 0.335 e. The van der Waals surface area contributed by atoms with Crippen LogP contribution in [0.25, 0.3) is 11.0 Å². The Hall–Kier alpha value is -3.60. The van der Waals surface area contributed by atoms with Crippen LogP contribution in [0.3, 0.4) is 0 Å². The first-order valence-electron chi connectivity index (χ1n) is 14.8. The van der Waals surface area contributed by atoms with Crippen LogP contribution in [-0.4, -0.2) is 57.9 Å². The number of aromatic nitrogens is 2. The minimum atomic E-state index is -3.33. The molecule has 0 saturated carbocycles. The van der Waals surface area contributed by atoms with Crippen LogP contribution < -0.4 is 4.74 Å². The minimum absolute atomic E-state index is 0.0590. The molecule has 1 unspecified atom stereocenters. The van der Waals surface area contributed by atoms with E-state index in [2.05, 4.69) is 9.47 Å². The lowest BCUT2D eigenvalue weighted by Gasteiger charge is -2.38. The van der Waals surface area contributed by atoms with Crippen molar-refractivity contribution in [2.24, 2.45) is 0 Å². The number of rotatable bonds is 7. The Morgan fingerprint density at radius 1 is 1.07 bits per heavy atom. The summed E-state index contributed by atoms with van der Waals surface area (Å²) in [5.74, 6) is -5.72. The third-order valence-corrected chi connectivity index (χ3v) is 9.45. The monoisotopic (exact) mass is 625 g/mol. The predicted octanol–water partition coefficient (Wildman–Crippen LogP) is 6.96. The summed E-state index contributed by atoms with van der Waals surface area (Å²) in [7, 11) is 0. The van der Waals surface area contributed by atoms with Gasteiger partial charge in [0, 0.05) is 17.2 Å². The number of hydrogen-bond donors (Lipinski definition) is 1. The zero-order valence-corrected chi connectivity index (χ0v) is 24.6. The van der Waals surface area contributed by atoms with Crippen LogP contribution in [0.4, 0.5) is 13.2 Å². The standard InChI is InChI=1S/C33H31ClF3N3O4/c34-21-5-6-24(26(35)15-21)25-18-44-29-3-1-2-23(31(29)33(25,36)37)19-8-11-39(12-9-19)17-30-38-27-7-4-20(32(41)42)14-28(27)40(30)16-22-10-13-43-22/h1-7,14-15,19,22,25H,8-13,16-18H2,(H,41,42)/t22-,25?/m0/s1. The first-order chi connectivity index (χ1) is 21.2. The van der Waals surface area contributed by atoms with Crippen molar-refractivity contribution in [3.63, 3.8) is 0 Å². The second kappa shape index (κ2) is 11.4. The topological polar surface area (TPSA) is 76.8 Å². The summed E-state index contributed by atoms with van der Waals surface area (Å²) in [6.45, 7) is 2.84. The number of carboxylic acids is 1. The van der Waals surface area contributed by atoms with E-state index in [4.69, 9.17) is 26.1 Å². The number of nitrogens with zero attached hydrogens (tertiary/aromatic N) is 3. The lowest BCUT2D eigenvalue weighted by Crippen LogP contribution is -2.38. The Balaban J connectivity index is 1.11. The second-order valence-corrected chi connectivity index (χ2v) is 12.3. The third-order valence-electron chi connectivity index (χ3n) is 9.22. The van der Waals surface area contributed by atoms with E-state index in [9.17, 15) is 14.3 Å². The molecular formula is C33H31ClF3N3O4. The van der Waals surface area contributed by atoms with Gasteiger partial charge in [-0.2, -0.15) is 0 Å². The van der Waals surface area contributed by atoms with Crippen molar-refractivity contribution in [3.8, 4) is 5.75 Å². The number of benzene rings is 3. The molecule has 0 bridgehead atoms. The van der Waals surface area contributed by atoms with E-state index in [0.717, 1.165) is 29.3 Å². The fourth-order valence-electron chi connectivity index (χ4n) is 6.75. The number of imidazole rings is 1. The van der Waals surface area contributed by atoms with Crippen LogP contribution in [0.15, 0.2) is 54.6 Å². The van der Waals surface area contributed by atoms with E-state index < -0.39 is 23.6 Å². The number of carbonyl (C=O) groups is 1. The van der Waals surface area contributed by atoms with Crippen molar-refractivity contribution in [2.45, 2.75) is 56.2 Å². The number of aromatic carboxylic acids is 1. The van der Waals surface area contributed by atoms with E-state index >= 15 is 8.78 Å². The van der Waals surface area contributed by atoms with Crippen molar-refractivity contribution in [1.82, 2.24) is 14.5 Å². The highest BCUT2D eigenvalue weighted by molar-refractivity contribution is 6.30.